The minimum Gasteiger partial charge on any atom is -0.472 e. The van der Waals surface area contributed by atoms with E-state index in [9.17, 15) is 27.6 Å². The molecule has 3 aromatic rings. The summed E-state index contributed by atoms with van der Waals surface area (Å²) in [4.78, 5) is 62.1. The fourth-order valence-corrected chi connectivity index (χ4v) is 9.42. The minimum absolute atomic E-state index is 0.0123. The van der Waals surface area contributed by atoms with Gasteiger partial charge in [-0.3, -0.25) is 19.1 Å². The number of pyridine rings is 1. The van der Waals surface area contributed by atoms with Crippen LogP contribution in [0.1, 0.15) is 55.2 Å². The summed E-state index contributed by atoms with van der Waals surface area (Å²) < 4.78 is 39.8. The number of amides is 4. The fraction of sp³-hybridized carbons (Fsp3) is 0.425. The molecule has 2 aliphatic heterocycles. The summed E-state index contributed by atoms with van der Waals surface area (Å²) in [6.45, 7) is 3.93. The molecule has 2 aromatic carbocycles. The van der Waals surface area contributed by atoms with Gasteiger partial charge in [-0.2, -0.15) is 0 Å². The lowest BCUT2D eigenvalue weighted by atomic mass is 9.95. The number of allylic oxidation sites excluding steroid dienone is 1. The molecule has 8 rings (SSSR count). The zero-order valence-electron chi connectivity index (χ0n) is 29.7. The van der Waals surface area contributed by atoms with E-state index >= 15 is 0 Å². The van der Waals surface area contributed by atoms with Crippen molar-refractivity contribution in [3.05, 3.63) is 90.1 Å². The monoisotopic (exact) mass is 753 g/mol. The maximum absolute atomic E-state index is 14.9. The molecule has 3 N–H and O–H groups in total. The highest BCUT2D eigenvalue weighted by molar-refractivity contribution is 7.91. The second-order valence-corrected chi connectivity index (χ2v) is 17.0. The van der Waals surface area contributed by atoms with E-state index in [0.29, 0.717) is 44.4 Å². The van der Waals surface area contributed by atoms with Crippen molar-refractivity contribution in [3.8, 4) is 5.88 Å². The summed E-state index contributed by atoms with van der Waals surface area (Å²) in [6.07, 6.45) is 9.16. The smallest absolute Gasteiger partial charge is 0.407 e. The van der Waals surface area contributed by atoms with Gasteiger partial charge in [-0.1, -0.05) is 54.6 Å². The first-order valence-electron chi connectivity index (χ1n) is 18.6. The molecule has 3 fully saturated rings. The number of rotatable bonds is 7. The van der Waals surface area contributed by atoms with E-state index in [1.165, 1.54) is 11.0 Å². The predicted molar refractivity (Wildman–Crippen MR) is 199 cm³/mol. The van der Waals surface area contributed by atoms with E-state index in [-0.39, 0.29) is 31.9 Å². The van der Waals surface area contributed by atoms with Gasteiger partial charge < -0.3 is 25.0 Å². The maximum Gasteiger partial charge on any atom is 0.407 e. The Morgan fingerprint density at radius 2 is 1.85 bits per heavy atom. The third-order valence-corrected chi connectivity index (χ3v) is 13.1. The second-order valence-electron chi connectivity index (χ2n) is 15.0. The van der Waals surface area contributed by atoms with Gasteiger partial charge in [0.05, 0.1) is 18.4 Å². The number of benzene rings is 2. The van der Waals surface area contributed by atoms with Crippen LogP contribution < -0.4 is 20.1 Å². The van der Waals surface area contributed by atoms with Crippen LogP contribution in [0.3, 0.4) is 0 Å². The van der Waals surface area contributed by atoms with E-state index in [1.54, 1.807) is 6.20 Å². The summed E-state index contributed by atoms with van der Waals surface area (Å²) in [7, 11) is -3.90. The summed E-state index contributed by atoms with van der Waals surface area (Å²) in [5, 5.41) is 6.72. The molecule has 1 aromatic heterocycles. The van der Waals surface area contributed by atoms with Gasteiger partial charge in [0.2, 0.25) is 27.7 Å². The SMILES string of the molecule is C=C[C@@H]1C[C@]1(NC(=O)[C@@H]1C[C@@H]2CN1C(=O)[C@H](C1Cc3ccccc3C1)NC(=O)OCCC/C=C/c1ccc3ccnc(c3c1)O2)C(=O)NS(=O)(=O)C1CC1. The second kappa shape index (κ2) is 14.2. The van der Waals surface area contributed by atoms with E-state index in [2.05, 4.69) is 26.9 Å². The van der Waals surface area contributed by atoms with Crippen LogP contribution in [-0.4, -0.2) is 84.2 Å². The van der Waals surface area contributed by atoms with Crippen molar-refractivity contribution < 1.29 is 37.1 Å². The first-order chi connectivity index (χ1) is 26.0. The summed E-state index contributed by atoms with van der Waals surface area (Å²) >= 11 is 0. The molecule has 54 heavy (non-hydrogen) atoms. The standard InChI is InChI=1S/C40H43N5O8S/c1-2-29-22-40(29,38(48)44-54(50,51)31-13-14-31)43-35(46)33-21-30-23-45(33)37(47)34(28-19-26-9-5-6-10-27(26)20-28)42-39(49)52-17-7-3-4-8-24-11-12-25-15-16-41-36(53-30)32(25)18-24/h2,4-6,8-12,15-16,18,28-31,33-34H,1,3,7,13-14,17,19-23H2,(H,42,49)(H,43,46)(H,44,48)/b8-4+/t29-,30-,33+,34+,40-/m1/s1. The highest BCUT2D eigenvalue weighted by atomic mass is 32.2. The van der Waals surface area contributed by atoms with Crippen LogP contribution >= 0.6 is 0 Å². The molecule has 2 saturated carbocycles. The average molecular weight is 754 g/mol. The number of carbonyl (C=O) groups excluding carboxylic acids is 4. The van der Waals surface area contributed by atoms with Gasteiger partial charge in [-0.25, -0.2) is 18.2 Å². The van der Waals surface area contributed by atoms with E-state index in [1.807, 2.05) is 60.7 Å². The lowest BCUT2D eigenvalue weighted by Crippen LogP contribution is -2.59. The number of sulfonamides is 1. The lowest BCUT2D eigenvalue weighted by Gasteiger charge is -2.32. The van der Waals surface area contributed by atoms with Crippen LogP contribution in [-0.2, 0) is 42.0 Å². The number of nitrogens with one attached hydrogen (secondary N) is 3. The van der Waals surface area contributed by atoms with Crippen molar-refractivity contribution in [1.29, 1.82) is 0 Å². The summed E-state index contributed by atoms with van der Waals surface area (Å²) in [5.74, 6) is -2.44. The van der Waals surface area contributed by atoms with Gasteiger partial charge in [0, 0.05) is 23.9 Å². The molecular weight excluding hydrogens is 711 g/mol. The number of carbonyl (C=O) groups is 4. The van der Waals surface area contributed by atoms with Gasteiger partial charge in [-0.05, 0) is 85.1 Å². The predicted octanol–water partition coefficient (Wildman–Crippen LogP) is 3.57. The number of alkyl carbamates (subject to hydrolysis) is 1. The van der Waals surface area contributed by atoms with Crippen LogP contribution in [0, 0.1) is 11.8 Å². The molecule has 0 unspecified atom stereocenters. The van der Waals surface area contributed by atoms with Crippen molar-refractivity contribution in [1.82, 2.24) is 25.2 Å². The van der Waals surface area contributed by atoms with Crippen molar-refractivity contribution in [2.75, 3.05) is 13.2 Å². The van der Waals surface area contributed by atoms with Crippen LogP contribution in [0.15, 0.2) is 73.5 Å². The average Bonchev–Trinajstić information content (AvgIpc) is 4.05. The first-order valence-corrected chi connectivity index (χ1v) is 20.1. The molecule has 3 heterocycles. The van der Waals surface area contributed by atoms with Crippen LogP contribution in [0.2, 0.25) is 0 Å². The number of nitrogens with zero attached hydrogens (tertiary/aromatic N) is 2. The van der Waals surface area contributed by atoms with E-state index < -0.39 is 68.7 Å². The molecule has 282 valence electrons. The minimum atomic E-state index is -3.90. The van der Waals surface area contributed by atoms with Crippen molar-refractivity contribution >= 4 is 50.7 Å². The normalized spacial score (nSPS) is 27.8. The van der Waals surface area contributed by atoms with Crippen molar-refractivity contribution in [2.24, 2.45) is 11.8 Å². The molecule has 14 heteroatoms. The Bertz CT molecular complexity index is 2140. The third kappa shape index (κ3) is 7.06. The van der Waals surface area contributed by atoms with Gasteiger partial charge >= 0.3 is 6.09 Å². The molecule has 1 saturated heterocycles. The van der Waals surface area contributed by atoms with Gasteiger partial charge in [0.25, 0.3) is 5.91 Å². The van der Waals surface area contributed by atoms with E-state index in [4.69, 9.17) is 9.47 Å². The topological polar surface area (TPSA) is 173 Å². The maximum atomic E-state index is 14.9. The largest absolute Gasteiger partial charge is 0.472 e. The quantitative estimate of drug-likeness (QED) is 0.305. The van der Waals surface area contributed by atoms with Crippen LogP contribution in [0.25, 0.3) is 16.8 Å². The number of hydrogen-bond donors (Lipinski definition) is 3. The molecule has 0 radical (unpaired) electrons. The Hall–Kier alpha value is -5.24. The zero-order valence-corrected chi connectivity index (χ0v) is 30.6. The van der Waals surface area contributed by atoms with Crippen molar-refractivity contribution in [3.63, 3.8) is 0 Å². The fourth-order valence-electron chi connectivity index (χ4n) is 8.05. The Labute approximate surface area is 313 Å². The van der Waals surface area contributed by atoms with E-state index in [0.717, 1.165) is 27.5 Å². The molecule has 13 nitrogen and oxygen atoms in total. The lowest BCUT2D eigenvalue weighted by molar-refractivity contribution is -0.142. The summed E-state index contributed by atoms with van der Waals surface area (Å²) in [5.41, 5.74) is 1.53. The van der Waals surface area contributed by atoms with Gasteiger partial charge in [-0.15, -0.1) is 6.58 Å². The molecule has 4 bridgehead atoms. The summed E-state index contributed by atoms with van der Waals surface area (Å²) in [6, 6.07) is 13.5. The number of cyclic esters (lactones) is 1. The highest BCUT2D eigenvalue weighted by Gasteiger charge is 2.62. The zero-order chi connectivity index (χ0) is 37.6. The number of aromatic nitrogens is 1. The highest BCUT2D eigenvalue weighted by Crippen LogP contribution is 2.45. The molecule has 3 aliphatic carbocycles. The van der Waals surface area contributed by atoms with Crippen LogP contribution in [0.4, 0.5) is 4.79 Å². The Morgan fingerprint density at radius 3 is 2.57 bits per heavy atom. The Morgan fingerprint density at radius 1 is 1.07 bits per heavy atom. The van der Waals surface area contributed by atoms with Gasteiger partial charge in [0.15, 0.2) is 0 Å². The Balaban J connectivity index is 1.13. The third-order valence-electron chi connectivity index (χ3n) is 11.3. The number of ether oxygens (including phenoxy) is 2. The molecule has 5 atom stereocenters. The molecule has 5 aliphatic rings. The van der Waals surface area contributed by atoms with Crippen molar-refractivity contribution in [2.45, 2.75) is 80.3 Å². The first kappa shape index (κ1) is 35.8. The molecular formula is C40H43N5O8S. The van der Waals surface area contributed by atoms with Crippen LogP contribution in [0.5, 0.6) is 5.88 Å². The number of fused-ring (bicyclic) bond motifs is 4. The molecule has 0 spiro atoms. The van der Waals surface area contributed by atoms with Gasteiger partial charge in [0.1, 0.15) is 23.7 Å². The number of hydrogen-bond acceptors (Lipinski definition) is 9. The Kier molecular flexibility index (Phi) is 9.41. The molecule has 4 amide bonds.